The van der Waals surface area contributed by atoms with Crippen molar-refractivity contribution in [3.05, 3.63) is 64.2 Å². The molecular formula is C25H31NO5S. The number of nitrogens with zero attached hydrogens (tertiary/aromatic N) is 1. The molecule has 6 nitrogen and oxygen atoms in total. The highest BCUT2D eigenvalue weighted by atomic mass is 32.2. The van der Waals surface area contributed by atoms with E-state index in [1.807, 2.05) is 40.7 Å². The number of ether oxygens (including phenoxy) is 1. The monoisotopic (exact) mass is 457 g/mol. The predicted molar refractivity (Wildman–Crippen MR) is 123 cm³/mol. The molecule has 0 bridgehead atoms. The van der Waals surface area contributed by atoms with E-state index in [2.05, 4.69) is 0 Å². The zero-order valence-electron chi connectivity index (χ0n) is 19.3. The molecule has 0 aromatic heterocycles. The lowest BCUT2D eigenvalue weighted by molar-refractivity contribution is 0.0474. The Labute approximate surface area is 190 Å². The number of hydrogen-bond donors (Lipinski definition) is 0. The molecule has 2 unspecified atom stereocenters. The lowest BCUT2D eigenvalue weighted by Gasteiger charge is -2.34. The van der Waals surface area contributed by atoms with Crippen LogP contribution in [0.4, 0.5) is 0 Å². The van der Waals surface area contributed by atoms with Gasteiger partial charge in [0.05, 0.1) is 10.5 Å². The minimum absolute atomic E-state index is 0.0598. The number of aryl methyl sites for hydroxylation is 3. The third kappa shape index (κ3) is 5.27. The molecule has 2 aromatic rings. The van der Waals surface area contributed by atoms with E-state index in [4.69, 9.17) is 4.74 Å². The third-order valence-corrected chi connectivity index (χ3v) is 7.85. The van der Waals surface area contributed by atoms with Crippen molar-refractivity contribution in [3.8, 4) is 0 Å². The van der Waals surface area contributed by atoms with Crippen molar-refractivity contribution in [2.45, 2.75) is 45.9 Å². The highest BCUT2D eigenvalue weighted by Gasteiger charge is 2.32. The first kappa shape index (κ1) is 24.1. The molecule has 7 heteroatoms. The quantitative estimate of drug-likeness (QED) is 0.477. The molecule has 0 N–H and O–H groups in total. The molecule has 2 atom stereocenters. The van der Waals surface area contributed by atoms with Gasteiger partial charge < -0.3 is 4.74 Å². The van der Waals surface area contributed by atoms with E-state index in [-0.39, 0.29) is 28.1 Å². The topological polar surface area (TPSA) is 80.8 Å². The van der Waals surface area contributed by atoms with Crippen molar-refractivity contribution in [1.82, 2.24) is 4.31 Å². The smallest absolute Gasteiger partial charge is 0.338 e. The van der Waals surface area contributed by atoms with E-state index in [0.29, 0.717) is 18.7 Å². The lowest BCUT2D eigenvalue weighted by Crippen LogP contribution is -2.42. The maximum atomic E-state index is 13.1. The van der Waals surface area contributed by atoms with E-state index in [1.54, 1.807) is 6.07 Å². The lowest BCUT2D eigenvalue weighted by atomic mass is 9.94. The fourth-order valence-electron chi connectivity index (χ4n) is 4.29. The van der Waals surface area contributed by atoms with Gasteiger partial charge in [-0.05, 0) is 80.0 Å². The zero-order valence-corrected chi connectivity index (χ0v) is 20.2. The molecule has 0 amide bonds. The van der Waals surface area contributed by atoms with Crippen LogP contribution >= 0.6 is 0 Å². The SMILES string of the molecule is Cc1cc(C)c(C(=O)COC(=O)c2cccc(S(=O)(=O)N3CC(C)CC(C)C3)c2)cc1C. The molecule has 32 heavy (non-hydrogen) atoms. The van der Waals surface area contributed by atoms with Crippen LogP contribution in [0.2, 0.25) is 0 Å². The van der Waals surface area contributed by atoms with E-state index in [9.17, 15) is 18.0 Å². The van der Waals surface area contributed by atoms with Gasteiger partial charge in [-0.3, -0.25) is 4.79 Å². The molecular weight excluding hydrogens is 426 g/mol. The second-order valence-corrected chi connectivity index (χ2v) is 11.0. The van der Waals surface area contributed by atoms with Crippen LogP contribution in [-0.4, -0.2) is 44.2 Å². The number of piperidine rings is 1. The molecule has 2 aromatic carbocycles. The first-order valence-corrected chi connectivity index (χ1v) is 12.3. The highest BCUT2D eigenvalue weighted by Crippen LogP contribution is 2.27. The van der Waals surface area contributed by atoms with Crippen LogP contribution < -0.4 is 0 Å². The molecule has 1 aliphatic heterocycles. The van der Waals surface area contributed by atoms with E-state index >= 15 is 0 Å². The molecule has 0 aliphatic carbocycles. The highest BCUT2D eigenvalue weighted by molar-refractivity contribution is 7.89. The van der Waals surface area contributed by atoms with Gasteiger partial charge in [-0.15, -0.1) is 0 Å². The van der Waals surface area contributed by atoms with Crippen LogP contribution in [0.1, 0.15) is 57.7 Å². The Morgan fingerprint density at radius 2 is 1.59 bits per heavy atom. The summed E-state index contributed by atoms with van der Waals surface area (Å²) in [7, 11) is -3.71. The van der Waals surface area contributed by atoms with Crippen LogP contribution in [0.3, 0.4) is 0 Å². The molecule has 0 saturated carbocycles. The van der Waals surface area contributed by atoms with E-state index in [1.165, 1.54) is 28.6 Å². The Balaban J connectivity index is 1.73. The summed E-state index contributed by atoms with van der Waals surface area (Å²) in [5.74, 6) is -0.459. The largest absolute Gasteiger partial charge is 0.454 e. The molecule has 1 heterocycles. The number of rotatable bonds is 6. The van der Waals surface area contributed by atoms with Crippen molar-refractivity contribution >= 4 is 21.8 Å². The number of benzene rings is 2. The maximum absolute atomic E-state index is 13.1. The van der Waals surface area contributed by atoms with Gasteiger partial charge in [0.1, 0.15) is 0 Å². The van der Waals surface area contributed by atoms with E-state index in [0.717, 1.165) is 23.1 Å². The van der Waals surface area contributed by atoms with Crippen LogP contribution in [0.5, 0.6) is 0 Å². The van der Waals surface area contributed by atoms with Crippen molar-refractivity contribution in [2.24, 2.45) is 11.8 Å². The number of sulfonamides is 1. The van der Waals surface area contributed by atoms with E-state index < -0.39 is 22.6 Å². The Morgan fingerprint density at radius 3 is 2.25 bits per heavy atom. The van der Waals surface area contributed by atoms with Gasteiger partial charge in [0.25, 0.3) is 0 Å². The van der Waals surface area contributed by atoms with Crippen LogP contribution in [-0.2, 0) is 14.8 Å². The van der Waals surface area contributed by atoms with Crippen molar-refractivity contribution < 1.29 is 22.7 Å². The van der Waals surface area contributed by atoms with Gasteiger partial charge in [-0.2, -0.15) is 4.31 Å². The zero-order chi connectivity index (χ0) is 23.6. The average Bonchev–Trinajstić information content (AvgIpc) is 2.73. The molecule has 1 aliphatic rings. The van der Waals surface area contributed by atoms with Crippen molar-refractivity contribution in [3.63, 3.8) is 0 Å². The van der Waals surface area contributed by atoms with Crippen molar-refractivity contribution in [1.29, 1.82) is 0 Å². The average molecular weight is 458 g/mol. The van der Waals surface area contributed by atoms with Crippen LogP contribution in [0.15, 0.2) is 41.3 Å². The summed E-state index contributed by atoms with van der Waals surface area (Å²) in [6.45, 7) is 10.4. The van der Waals surface area contributed by atoms with Gasteiger partial charge in [-0.25, -0.2) is 13.2 Å². The molecule has 3 rings (SSSR count). The number of esters is 1. The summed E-state index contributed by atoms with van der Waals surface area (Å²) in [6.07, 6.45) is 0.992. The van der Waals surface area contributed by atoms with Crippen LogP contribution in [0, 0.1) is 32.6 Å². The molecule has 0 radical (unpaired) electrons. The number of ketones is 1. The first-order valence-electron chi connectivity index (χ1n) is 10.9. The normalized spacial score (nSPS) is 19.5. The van der Waals surface area contributed by atoms with Crippen LogP contribution in [0.25, 0.3) is 0 Å². The summed E-state index contributed by atoms with van der Waals surface area (Å²) in [5.41, 5.74) is 3.53. The molecule has 0 spiro atoms. The predicted octanol–water partition coefficient (Wildman–Crippen LogP) is 4.32. The third-order valence-electron chi connectivity index (χ3n) is 6.02. The second-order valence-electron chi connectivity index (χ2n) is 9.05. The standard InChI is InChI=1S/C25H31NO5S/c1-16-9-17(2)14-26(13-16)32(29,30)22-8-6-7-21(12-22)25(28)31-15-24(27)23-11-19(4)18(3)10-20(23)5/h6-8,10-12,16-17H,9,13-15H2,1-5H3. The fourth-order valence-corrected chi connectivity index (χ4v) is 6.01. The Kier molecular flexibility index (Phi) is 7.20. The Bertz CT molecular complexity index is 1130. The first-order chi connectivity index (χ1) is 15.0. The Morgan fingerprint density at radius 1 is 0.969 bits per heavy atom. The maximum Gasteiger partial charge on any atom is 0.338 e. The Hall–Kier alpha value is -2.51. The number of carbonyl (C=O) groups excluding carboxylic acids is 2. The summed E-state index contributed by atoms with van der Waals surface area (Å²) in [5, 5.41) is 0. The summed E-state index contributed by atoms with van der Waals surface area (Å²) in [4.78, 5) is 25.2. The molecule has 1 fully saturated rings. The van der Waals surface area contributed by atoms with Gasteiger partial charge in [0, 0.05) is 18.7 Å². The summed E-state index contributed by atoms with van der Waals surface area (Å²) in [6, 6.07) is 9.56. The van der Waals surface area contributed by atoms with Gasteiger partial charge in [0.15, 0.2) is 6.61 Å². The minimum Gasteiger partial charge on any atom is -0.454 e. The van der Waals surface area contributed by atoms with Gasteiger partial charge in [0.2, 0.25) is 15.8 Å². The number of Topliss-reactive ketones (excluding diaryl/α,β-unsaturated/α-hetero) is 1. The number of hydrogen-bond acceptors (Lipinski definition) is 5. The molecule has 1 saturated heterocycles. The molecule has 172 valence electrons. The van der Waals surface area contributed by atoms with Crippen molar-refractivity contribution in [2.75, 3.05) is 19.7 Å². The second kappa shape index (κ2) is 9.55. The fraction of sp³-hybridized carbons (Fsp3) is 0.440. The summed E-state index contributed by atoms with van der Waals surface area (Å²) >= 11 is 0. The summed E-state index contributed by atoms with van der Waals surface area (Å²) < 4.78 is 32.9. The van der Waals surface area contributed by atoms with Gasteiger partial charge >= 0.3 is 5.97 Å². The number of carbonyl (C=O) groups is 2. The van der Waals surface area contributed by atoms with Gasteiger partial charge in [-0.1, -0.05) is 26.0 Å². The minimum atomic E-state index is -3.71.